The van der Waals surface area contributed by atoms with Crippen LogP contribution < -0.4 is 0 Å². The lowest BCUT2D eigenvalue weighted by Gasteiger charge is -2.37. The molecule has 4 atom stereocenters. The van der Waals surface area contributed by atoms with Crippen LogP contribution in [0.2, 0.25) is 0 Å². The highest BCUT2D eigenvalue weighted by atomic mass is 127. The Morgan fingerprint density at radius 2 is 1.94 bits per heavy atom. The molecule has 0 saturated carbocycles. The predicted molar refractivity (Wildman–Crippen MR) is 65.5 cm³/mol. The standard InChI is InChI=1S/C10H15IO6/c1-5(12)15-8-3-7(4-11)17-10(14)9(8)16-6(2)13/h7-10,14H,3-4H2,1-2H3/t7-,8-,9+,10-/m0/s1. The zero-order valence-corrected chi connectivity index (χ0v) is 11.7. The number of hydrogen-bond donors (Lipinski definition) is 1. The molecule has 0 unspecified atom stereocenters. The van der Waals surface area contributed by atoms with Gasteiger partial charge in [-0.3, -0.25) is 9.59 Å². The van der Waals surface area contributed by atoms with Crippen molar-refractivity contribution < 1.29 is 28.9 Å². The summed E-state index contributed by atoms with van der Waals surface area (Å²) in [5, 5.41) is 9.71. The Hall–Kier alpha value is -0.410. The second-order valence-electron chi connectivity index (χ2n) is 3.76. The Morgan fingerprint density at radius 3 is 2.41 bits per heavy atom. The molecule has 17 heavy (non-hydrogen) atoms. The van der Waals surface area contributed by atoms with Crippen molar-refractivity contribution in [2.24, 2.45) is 0 Å². The number of aliphatic hydroxyl groups excluding tert-OH is 1. The third-order valence-electron chi connectivity index (χ3n) is 2.27. The Kier molecular flexibility index (Phi) is 5.60. The molecule has 0 amide bonds. The van der Waals surface area contributed by atoms with E-state index in [1.807, 2.05) is 0 Å². The fourth-order valence-corrected chi connectivity index (χ4v) is 2.23. The number of carbonyl (C=O) groups excluding carboxylic acids is 2. The van der Waals surface area contributed by atoms with Crippen LogP contribution in [-0.2, 0) is 23.8 Å². The SMILES string of the molecule is CC(=O)O[C@@H]1[C@@H](OC(C)=O)C[C@@H](CI)O[C@@H]1O. The van der Waals surface area contributed by atoms with Gasteiger partial charge in [0.15, 0.2) is 12.4 Å². The summed E-state index contributed by atoms with van der Waals surface area (Å²) >= 11 is 2.11. The largest absolute Gasteiger partial charge is 0.458 e. The van der Waals surface area contributed by atoms with Crippen molar-refractivity contribution in [2.45, 2.75) is 44.9 Å². The molecule has 0 spiro atoms. The van der Waals surface area contributed by atoms with Crippen molar-refractivity contribution in [3.05, 3.63) is 0 Å². The maximum Gasteiger partial charge on any atom is 0.303 e. The van der Waals surface area contributed by atoms with E-state index in [1.165, 1.54) is 13.8 Å². The maximum absolute atomic E-state index is 11.0. The minimum Gasteiger partial charge on any atom is -0.458 e. The van der Waals surface area contributed by atoms with E-state index in [9.17, 15) is 14.7 Å². The van der Waals surface area contributed by atoms with Crippen molar-refractivity contribution in [3.63, 3.8) is 0 Å². The summed E-state index contributed by atoms with van der Waals surface area (Å²) in [5.74, 6) is -1.03. The molecule has 0 aliphatic carbocycles. The van der Waals surface area contributed by atoms with Crippen molar-refractivity contribution in [3.8, 4) is 0 Å². The quantitative estimate of drug-likeness (QED) is 0.447. The second-order valence-corrected chi connectivity index (χ2v) is 4.64. The van der Waals surface area contributed by atoms with Crippen LogP contribution in [0.25, 0.3) is 0 Å². The van der Waals surface area contributed by atoms with Crippen LogP contribution in [-0.4, -0.2) is 46.1 Å². The first-order chi connectivity index (χ1) is 7.93. The molecule has 1 heterocycles. The number of ether oxygens (including phenoxy) is 3. The van der Waals surface area contributed by atoms with Gasteiger partial charge < -0.3 is 19.3 Å². The molecule has 1 fully saturated rings. The first-order valence-electron chi connectivity index (χ1n) is 5.18. The summed E-state index contributed by atoms with van der Waals surface area (Å²) in [6, 6.07) is 0. The van der Waals surface area contributed by atoms with E-state index in [0.717, 1.165) is 0 Å². The van der Waals surface area contributed by atoms with Crippen molar-refractivity contribution in [2.75, 3.05) is 4.43 Å². The van der Waals surface area contributed by atoms with E-state index in [4.69, 9.17) is 14.2 Å². The first kappa shape index (κ1) is 14.7. The van der Waals surface area contributed by atoms with Crippen molar-refractivity contribution in [1.82, 2.24) is 0 Å². The smallest absolute Gasteiger partial charge is 0.303 e. The predicted octanol–water partition coefficient (Wildman–Crippen LogP) is 0.392. The Bertz CT molecular complexity index is 295. The highest BCUT2D eigenvalue weighted by molar-refractivity contribution is 14.1. The van der Waals surface area contributed by atoms with Crippen LogP contribution in [0, 0.1) is 0 Å². The molecular weight excluding hydrogens is 343 g/mol. The number of aliphatic hydroxyl groups is 1. The van der Waals surface area contributed by atoms with E-state index in [1.54, 1.807) is 0 Å². The van der Waals surface area contributed by atoms with E-state index >= 15 is 0 Å². The lowest BCUT2D eigenvalue weighted by molar-refractivity contribution is -0.254. The molecule has 1 N–H and O–H groups in total. The molecular formula is C10H15IO6. The van der Waals surface area contributed by atoms with Crippen LogP contribution >= 0.6 is 22.6 Å². The van der Waals surface area contributed by atoms with Gasteiger partial charge in [0.25, 0.3) is 0 Å². The zero-order valence-electron chi connectivity index (χ0n) is 9.59. The summed E-state index contributed by atoms with van der Waals surface area (Å²) in [6.07, 6.45) is -2.72. The van der Waals surface area contributed by atoms with Crippen LogP contribution in [0.1, 0.15) is 20.3 Å². The topological polar surface area (TPSA) is 82.1 Å². The summed E-state index contributed by atoms with van der Waals surface area (Å²) < 4.78 is 15.9. The molecule has 98 valence electrons. The Labute approximate surface area is 113 Å². The number of esters is 2. The third-order valence-corrected chi connectivity index (χ3v) is 3.25. The van der Waals surface area contributed by atoms with Gasteiger partial charge in [0, 0.05) is 24.7 Å². The van der Waals surface area contributed by atoms with Crippen molar-refractivity contribution >= 4 is 34.5 Å². The number of halogens is 1. The number of alkyl halides is 1. The summed E-state index contributed by atoms with van der Waals surface area (Å²) in [6.45, 7) is 2.49. The fraction of sp³-hybridized carbons (Fsp3) is 0.800. The molecule has 1 saturated heterocycles. The Balaban J connectivity index is 2.74. The van der Waals surface area contributed by atoms with Crippen molar-refractivity contribution in [1.29, 1.82) is 0 Å². The summed E-state index contributed by atoms with van der Waals surface area (Å²) in [5.41, 5.74) is 0. The minimum absolute atomic E-state index is 0.221. The lowest BCUT2D eigenvalue weighted by Crippen LogP contribution is -2.52. The molecule has 0 radical (unpaired) electrons. The maximum atomic E-state index is 11.0. The molecule has 0 bridgehead atoms. The van der Waals surface area contributed by atoms with Gasteiger partial charge in [0.1, 0.15) is 6.10 Å². The van der Waals surface area contributed by atoms with Crippen LogP contribution in [0.5, 0.6) is 0 Å². The van der Waals surface area contributed by atoms with Crippen LogP contribution in [0.3, 0.4) is 0 Å². The molecule has 1 aliphatic rings. The van der Waals surface area contributed by atoms with Gasteiger partial charge in [-0.15, -0.1) is 0 Å². The molecule has 7 heteroatoms. The molecule has 0 aromatic carbocycles. The normalized spacial score (nSPS) is 32.9. The zero-order chi connectivity index (χ0) is 13.0. The van der Waals surface area contributed by atoms with Crippen LogP contribution in [0.15, 0.2) is 0 Å². The monoisotopic (exact) mass is 358 g/mol. The van der Waals surface area contributed by atoms with Gasteiger partial charge in [0.05, 0.1) is 6.10 Å². The average molecular weight is 358 g/mol. The number of hydrogen-bond acceptors (Lipinski definition) is 6. The molecule has 6 nitrogen and oxygen atoms in total. The highest BCUT2D eigenvalue weighted by Crippen LogP contribution is 2.25. The molecule has 0 aromatic heterocycles. The van der Waals surface area contributed by atoms with Gasteiger partial charge in [-0.05, 0) is 0 Å². The van der Waals surface area contributed by atoms with Gasteiger partial charge in [-0.1, -0.05) is 22.6 Å². The minimum atomic E-state index is -1.27. The van der Waals surface area contributed by atoms with E-state index in [2.05, 4.69) is 22.6 Å². The van der Waals surface area contributed by atoms with E-state index < -0.39 is 30.4 Å². The molecule has 0 aromatic rings. The van der Waals surface area contributed by atoms with Gasteiger partial charge in [-0.2, -0.15) is 0 Å². The Morgan fingerprint density at radius 1 is 1.35 bits per heavy atom. The molecule has 1 aliphatic heterocycles. The first-order valence-corrected chi connectivity index (χ1v) is 6.70. The highest BCUT2D eigenvalue weighted by Gasteiger charge is 2.41. The lowest BCUT2D eigenvalue weighted by atomic mass is 10.0. The number of rotatable bonds is 3. The van der Waals surface area contributed by atoms with Gasteiger partial charge in [-0.25, -0.2) is 0 Å². The summed E-state index contributed by atoms with van der Waals surface area (Å²) in [4.78, 5) is 21.9. The number of carbonyl (C=O) groups is 2. The van der Waals surface area contributed by atoms with Crippen LogP contribution in [0.4, 0.5) is 0 Å². The fourth-order valence-electron chi connectivity index (χ4n) is 1.66. The average Bonchev–Trinajstić information content (AvgIpc) is 2.21. The molecule has 1 rings (SSSR count). The van der Waals surface area contributed by atoms with Gasteiger partial charge >= 0.3 is 11.9 Å². The van der Waals surface area contributed by atoms with E-state index in [-0.39, 0.29) is 6.10 Å². The second kappa shape index (κ2) is 6.50. The van der Waals surface area contributed by atoms with Gasteiger partial charge in [0.2, 0.25) is 0 Å². The summed E-state index contributed by atoms with van der Waals surface area (Å²) in [7, 11) is 0. The third kappa shape index (κ3) is 4.40. The van der Waals surface area contributed by atoms with E-state index in [0.29, 0.717) is 10.8 Å².